The number of carbonyl (C=O) groups is 1. The maximum Gasteiger partial charge on any atom is 0.573 e. The minimum atomic E-state index is -4.73. The molecule has 1 amide bonds. The molecule has 2 atom stereocenters. The Kier molecular flexibility index (Phi) is 5.97. The van der Waals surface area contributed by atoms with Gasteiger partial charge in [0.2, 0.25) is 5.91 Å². The van der Waals surface area contributed by atoms with Gasteiger partial charge in [0.25, 0.3) is 0 Å². The van der Waals surface area contributed by atoms with Crippen LogP contribution in [0.3, 0.4) is 0 Å². The van der Waals surface area contributed by atoms with Crippen molar-refractivity contribution in [2.24, 2.45) is 5.92 Å². The molecule has 31 heavy (non-hydrogen) atoms. The Labute approximate surface area is 177 Å². The lowest BCUT2D eigenvalue weighted by molar-refractivity contribution is -0.274. The lowest BCUT2D eigenvalue weighted by atomic mass is 9.91. The molecule has 1 saturated carbocycles. The van der Waals surface area contributed by atoms with E-state index >= 15 is 0 Å². The molecule has 162 valence electrons. The summed E-state index contributed by atoms with van der Waals surface area (Å²) < 4.78 is 46.1. The second kappa shape index (κ2) is 8.83. The number of halogens is 3. The highest BCUT2D eigenvalue weighted by molar-refractivity contribution is 5.80. The third kappa shape index (κ3) is 5.25. The third-order valence-corrected chi connectivity index (χ3v) is 5.44. The second-order valence-corrected chi connectivity index (χ2v) is 7.54. The molecular weight excluding hydrogens is 409 g/mol. The van der Waals surface area contributed by atoms with Crippen LogP contribution in [0, 0.1) is 5.92 Å². The molecule has 0 unspecified atom stereocenters. The molecule has 4 rings (SSSR count). The summed E-state index contributed by atoms with van der Waals surface area (Å²) in [5, 5.41) is 7.09. The van der Waals surface area contributed by atoms with Crippen LogP contribution < -0.4 is 10.1 Å². The third-order valence-electron chi connectivity index (χ3n) is 5.44. The summed E-state index contributed by atoms with van der Waals surface area (Å²) in [6.45, 7) is 0.225. The van der Waals surface area contributed by atoms with E-state index in [0.29, 0.717) is 11.3 Å². The maximum atomic E-state index is 12.8. The van der Waals surface area contributed by atoms with Gasteiger partial charge < -0.3 is 14.6 Å². The van der Waals surface area contributed by atoms with Crippen LogP contribution >= 0.6 is 0 Å². The minimum absolute atomic E-state index is 0.0243. The summed E-state index contributed by atoms with van der Waals surface area (Å²) in [5.41, 5.74) is 2.38. The SMILES string of the molecule is O=C(NCc1ccc(OC(F)(F)F)cc1)[C@@H]1CCC[C@H]1c1cc(-c2ccccc2)on1. The first-order chi connectivity index (χ1) is 14.9. The monoisotopic (exact) mass is 430 g/mol. The van der Waals surface area contributed by atoms with E-state index < -0.39 is 6.36 Å². The highest BCUT2D eigenvalue weighted by Crippen LogP contribution is 2.40. The molecule has 2 aromatic carbocycles. The Balaban J connectivity index is 1.37. The Bertz CT molecular complexity index is 1020. The van der Waals surface area contributed by atoms with Crippen LogP contribution in [-0.2, 0) is 11.3 Å². The normalized spacial score (nSPS) is 18.7. The molecule has 0 saturated heterocycles. The van der Waals surface area contributed by atoms with Gasteiger partial charge in [-0.25, -0.2) is 0 Å². The molecule has 1 fully saturated rings. The first-order valence-corrected chi connectivity index (χ1v) is 10.0. The van der Waals surface area contributed by atoms with E-state index in [9.17, 15) is 18.0 Å². The van der Waals surface area contributed by atoms with E-state index in [4.69, 9.17) is 4.52 Å². The van der Waals surface area contributed by atoms with Gasteiger partial charge in [-0.15, -0.1) is 13.2 Å². The number of hydrogen-bond donors (Lipinski definition) is 1. The fourth-order valence-electron chi connectivity index (χ4n) is 3.96. The number of nitrogens with zero attached hydrogens (tertiary/aromatic N) is 1. The molecule has 0 spiro atoms. The minimum Gasteiger partial charge on any atom is -0.406 e. The average molecular weight is 430 g/mol. The lowest BCUT2D eigenvalue weighted by Crippen LogP contribution is -2.31. The van der Waals surface area contributed by atoms with Crippen LogP contribution in [-0.4, -0.2) is 17.4 Å². The second-order valence-electron chi connectivity index (χ2n) is 7.54. The molecule has 3 aromatic rings. The van der Waals surface area contributed by atoms with Crippen LogP contribution in [0.25, 0.3) is 11.3 Å². The van der Waals surface area contributed by atoms with Gasteiger partial charge in [0.15, 0.2) is 5.76 Å². The number of benzene rings is 2. The van der Waals surface area contributed by atoms with Crippen molar-refractivity contribution in [1.82, 2.24) is 10.5 Å². The topological polar surface area (TPSA) is 64.4 Å². The van der Waals surface area contributed by atoms with E-state index in [1.807, 2.05) is 36.4 Å². The van der Waals surface area contributed by atoms with E-state index in [0.717, 1.165) is 30.5 Å². The average Bonchev–Trinajstić information content (AvgIpc) is 3.42. The van der Waals surface area contributed by atoms with Gasteiger partial charge in [-0.05, 0) is 30.5 Å². The summed E-state index contributed by atoms with van der Waals surface area (Å²) in [6.07, 6.45) is -2.21. The Hall–Kier alpha value is -3.29. The number of ether oxygens (including phenoxy) is 1. The number of amides is 1. The van der Waals surface area contributed by atoms with Gasteiger partial charge >= 0.3 is 6.36 Å². The van der Waals surface area contributed by atoms with Crippen molar-refractivity contribution in [2.75, 3.05) is 0 Å². The summed E-state index contributed by atoms with van der Waals surface area (Å²) in [7, 11) is 0. The van der Waals surface area contributed by atoms with Crippen molar-refractivity contribution in [1.29, 1.82) is 0 Å². The summed E-state index contributed by atoms with van der Waals surface area (Å²) in [6, 6.07) is 17.0. The molecule has 1 N–H and O–H groups in total. The summed E-state index contributed by atoms with van der Waals surface area (Å²) in [5.74, 6) is 0.0363. The van der Waals surface area contributed by atoms with Gasteiger partial charge in [-0.3, -0.25) is 4.79 Å². The number of aromatic nitrogens is 1. The van der Waals surface area contributed by atoms with Crippen LogP contribution in [0.1, 0.15) is 36.4 Å². The molecule has 1 aromatic heterocycles. The first kappa shape index (κ1) is 21.0. The Morgan fingerprint density at radius 1 is 1.10 bits per heavy atom. The molecule has 0 radical (unpaired) electrons. The summed E-state index contributed by atoms with van der Waals surface area (Å²) in [4.78, 5) is 12.8. The van der Waals surface area contributed by atoms with Gasteiger partial charge in [0.05, 0.1) is 5.69 Å². The van der Waals surface area contributed by atoms with Crippen LogP contribution in [0.2, 0.25) is 0 Å². The molecule has 8 heteroatoms. The van der Waals surface area contributed by atoms with Gasteiger partial charge in [-0.1, -0.05) is 54.0 Å². The van der Waals surface area contributed by atoms with Crippen molar-refractivity contribution in [3.8, 4) is 17.1 Å². The molecular formula is C23H21F3N2O3. The predicted molar refractivity (Wildman–Crippen MR) is 107 cm³/mol. The van der Waals surface area contributed by atoms with E-state index in [1.165, 1.54) is 24.3 Å². The zero-order valence-electron chi connectivity index (χ0n) is 16.6. The number of nitrogens with one attached hydrogen (secondary N) is 1. The fourth-order valence-corrected chi connectivity index (χ4v) is 3.96. The first-order valence-electron chi connectivity index (χ1n) is 10.0. The van der Waals surface area contributed by atoms with E-state index in [2.05, 4.69) is 15.2 Å². The fraction of sp³-hybridized carbons (Fsp3) is 0.304. The van der Waals surface area contributed by atoms with Crippen molar-refractivity contribution in [2.45, 2.75) is 38.1 Å². The molecule has 0 bridgehead atoms. The van der Waals surface area contributed by atoms with Crippen molar-refractivity contribution in [3.05, 3.63) is 71.9 Å². The molecule has 5 nitrogen and oxygen atoms in total. The van der Waals surface area contributed by atoms with E-state index in [1.54, 1.807) is 0 Å². The Morgan fingerprint density at radius 2 is 1.84 bits per heavy atom. The molecule has 1 aliphatic rings. The quantitative estimate of drug-likeness (QED) is 0.566. The van der Waals surface area contributed by atoms with Crippen LogP contribution in [0.15, 0.2) is 65.2 Å². The lowest BCUT2D eigenvalue weighted by Gasteiger charge is -2.17. The van der Waals surface area contributed by atoms with Crippen molar-refractivity contribution < 1.29 is 27.2 Å². The number of carbonyl (C=O) groups excluding carboxylic acids is 1. The van der Waals surface area contributed by atoms with E-state index in [-0.39, 0.29) is 30.0 Å². The van der Waals surface area contributed by atoms with Gasteiger partial charge in [-0.2, -0.15) is 0 Å². The molecule has 1 aliphatic carbocycles. The Morgan fingerprint density at radius 3 is 2.55 bits per heavy atom. The number of hydrogen-bond acceptors (Lipinski definition) is 4. The van der Waals surface area contributed by atoms with Crippen LogP contribution in [0.4, 0.5) is 13.2 Å². The zero-order valence-corrected chi connectivity index (χ0v) is 16.6. The highest BCUT2D eigenvalue weighted by Gasteiger charge is 2.36. The zero-order chi connectivity index (χ0) is 21.8. The number of alkyl halides is 3. The van der Waals surface area contributed by atoms with Crippen LogP contribution in [0.5, 0.6) is 5.75 Å². The number of rotatable bonds is 6. The summed E-state index contributed by atoms with van der Waals surface area (Å²) >= 11 is 0. The van der Waals surface area contributed by atoms with Gasteiger partial charge in [0, 0.05) is 30.0 Å². The largest absolute Gasteiger partial charge is 0.573 e. The maximum absolute atomic E-state index is 12.8. The standard InChI is InChI=1S/C23H21F3N2O3/c24-23(25,26)30-17-11-9-15(10-12-17)14-27-22(29)19-8-4-7-18(19)20-13-21(31-28-20)16-5-2-1-3-6-16/h1-3,5-6,9-13,18-19H,4,7-8,14H2,(H,27,29)/t18-,19-/m1/s1. The van der Waals surface area contributed by atoms with Crippen molar-refractivity contribution >= 4 is 5.91 Å². The molecule has 1 heterocycles. The smallest absolute Gasteiger partial charge is 0.406 e. The van der Waals surface area contributed by atoms with Gasteiger partial charge in [0.1, 0.15) is 5.75 Å². The molecule has 0 aliphatic heterocycles. The van der Waals surface area contributed by atoms with Crippen molar-refractivity contribution in [3.63, 3.8) is 0 Å². The highest BCUT2D eigenvalue weighted by atomic mass is 19.4. The predicted octanol–water partition coefficient (Wildman–Crippen LogP) is 5.44.